The second kappa shape index (κ2) is 8.75. The van der Waals surface area contributed by atoms with E-state index in [1.807, 2.05) is 13.8 Å². The van der Waals surface area contributed by atoms with Crippen LogP contribution in [0.25, 0.3) is 0 Å². The smallest absolute Gasteiger partial charge is 0.392 e. The van der Waals surface area contributed by atoms with Crippen molar-refractivity contribution in [2.24, 2.45) is 5.16 Å². The maximum atomic E-state index is 12.6. The Morgan fingerprint density at radius 2 is 1.88 bits per heavy atom. The lowest BCUT2D eigenvalue weighted by molar-refractivity contribution is -0.0429. The first-order valence-electron chi connectivity index (χ1n) is 7.67. The van der Waals surface area contributed by atoms with E-state index in [-0.39, 0.29) is 28.1 Å². The van der Waals surface area contributed by atoms with Crippen molar-refractivity contribution in [2.75, 3.05) is 4.72 Å². The number of alkyl halides is 3. The molecule has 0 amide bonds. The molecule has 0 heterocycles. The Bertz CT molecular complexity index is 717. The highest BCUT2D eigenvalue weighted by molar-refractivity contribution is 7.93. The summed E-state index contributed by atoms with van der Waals surface area (Å²) >= 11 is 5.90. The lowest BCUT2D eigenvalue weighted by atomic mass is 10.1. The van der Waals surface area contributed by atoms with Crippen molar-refractivity contribution >= 4 is 33.0 Å². The molecule has 0 bridgehead atoms. The van der Waals surface area contributed by atoms with Gasteiger partial charge in [-0.25, -0.2) is 0 Å². The van der Waals surface area contributed by atoms with Crippen LogP contribution in [0.4, 0.5) is 18.9 Å². The highest BCUT2D eigenvalue weighted by atomic mass is 35.5. The fourth-order valence-electron chi connectivity index (χ4n) is 1.93. The summed E-state index contributed by atoms with van der Waals surface area (Å²) in [7, 11) is -5.56. The molecule has 1 rings (SSSR count). The number of hydrogen-bond acceptors (Lipinski definition) is 4. The van der Waals surface area contributed by atoms with E-state index in [1.165, 1.54) is 16.9 Å². The van der Waals surface area contributed by atoms with E-state index in [0.717, 1.165) is 6.07 Å². The summed E-state index contributed by atoms with van der Waals surface area (Å²) in [6.07, 6.45) is 1.58. The lowest BCUT2D eigenvalue weighted by Gasteiger charge is -2.16. The Kier molecular flexibility index (Phi) is 7.55. The molecule has 0 aromatic heterocycles. The van der Waals surface area contributed by atoms with Gasteiger partial charge in [0.1, 0.15) is 6.10 Å². The van der Waals surface area contributed by atoms with Gasteiger partial charge in [0.25, 0.3) is 0 Å². The second-order valence-corrected chi connectivity index (χ2v) is 7.29. The van der Waals surface area contributed by atoms with Crippen molar-refractivity contribution in [2.45, 2.75) is 51.6 Å². The van der Waals surface area contributed by atoms with Crippen molar-refractivity contribution in [3.63, 3.8) is 0 Å². The topological polar surface area (TPSA) is 67.8 Å². The number of halogens is 4. The number of rotatable bonds is 8. The molecule has 1 aromatic carbocycles. The van der Waals surface area contributed by atoms with Gasteiger partial charge in [-0.15, -0.1) is 0 Å². The summed E-state index contributed by atoms with van der Waals surface area (Å²) < 4.78 is 62.2. The summed E-state index contributed by atoms with van der Waals surface area (Å²) in [4.78, 5) is 5.39. The molecule has 25 heavy (non-hydrogen) atoms. The first-order chi connectivity index (χ1) is 11.6. The Morgan fingerprint density at radius 1 is 1.28 bits per heavy atom. The minimum Gasteiger partial charge on any atom is -0.392 e. The molecule has 0 atom stereocenters. The number of hydrogen-bond donors (Lipinski definition) is 1. The zero-order chi connectivity index (χ0) is 19.3. The van der Waals surface area contributed by atoms with Gasteiger partial charge in [0.15, 0.2) is 0 Å². The molecule has 0 aliphatic carbocycles. The van der Waals surface area contributed by atoms with Crippen LogP contribution in [-0.4, -0.2) is 25.7 Å². The number of nitrogens with zero attached hydrogens (tertiary/aromatic N) is 1. The third-order valence-corrected chi connectivity index (χ3v) is 4.73. The summed E-state index contributed by atoms with van der Waals surface area (Å²) in [5, 5.41) is 4.22. The van der Waals surface area contributed by atoms with E-state index < -0.39 is 15.5 Å². The maximum Gasteiger partial charge on any atom is 0.516 e. The Hall–Kier alpha value is -1.48. The monoisotopic (exact) mass is 400 g/mol. The summed E-state index contributed by atoms with van der Waals surface area (Å²) in [6, 6.07) is 3.78. The van der Waals surface area contributed by atoms with E-state index in [1.54, 1.807) is 6.92 Å². The van der Waals surface area contributed by atoms with Gasteiger partial charge in [0.2, 0.25) is 0 Å². The van der Waals surface area contributed by atoms with Crippen molar-refractivity contribution in [1.29, 1.82) is 0 Å². The Morgan fingerprint density at radius 3 is 2.36 bits per heavy atom. The molecule has 0 aliphatic heterocycles. The van der Waals surface area contributed by atoms with Crippen LogP contribution in [0.3, 0.4) is 0 Å². The maximum absolute atomic E-state index is 12.6. The minimum absolute atomic E-state index is 0.133. The minimum atomic E-state index is -5.56. The lowest BCUT2D eigenvalue weighted by Crippen LogP contribution is -2.30. The molecule has 1 N–H and O–H groups in total. The highest BCUT2D eigenvalue weighted by Gasteiger charge is 2.46. The van der Waals surface area contributed by atoms with Crippen LogP contribution in [0.5, 0.6) is 0 Å². The van der Waals surface area contributed by atoms with Crippen molar-refractivity contribution < 1.29 is 26.4 Å². The van der Waals surface area contributed by atoms with Gasteiger partial charge in [-0.05, 0) is 37.5 Å². The summed E-state index contributed by atoms with van der Waals surface area (Å²) in [5.74, 6) is 0. The summed E-state index contributed by atoms with van der Waals surface area (Å²) in [5.41, 5.74) is -5.28. The van der Waals surface area contributed by atoms with Crippen LogP contribution in [0.15, 0.2) is 23.4 Å². The predicted molar refractivity (Wildman–Crippen MR) is 92.3 cm³/mol. The summed E-state index contributed by atoms with van der Waals surface area (Å²) in [6.45, 7) is 5.55. The number of oxime groups is 1. The molecule has 0 fully saturated rings. The first-order valence-corrected chi connectivity index (χ1v) is 9.53. The van der Waals surface area contributed by atoms with Gasteiger partial charge in [-0.2, -0.15) is 21.6 Å². The van der Waals surface area contributed by atoms with Crippen LogP contribution >= 0.6 is 11.6 Å². The molecule has 1 aromatic rings. The van der Waals surface area contributed by atoms with Gasteiger partial charge in [0, 0.05) is 10.6 Å². The van der Waals surface area contributed by atoms with Crippen molar-refractivity contribution in [3.05, 3.63) is 28.8 Å². The van der Waals surface area contributed by atoms with E-state index in [2.05, 4.69) is 5.16 Å². The fraction of sp³-hybridized carbons (Fsp3) is 0.533. The van der Waals surface area contributed by atoms with Crippen LogP contribution in [0.1, 0.15) is 45.6 Å². The van der Waals surface area contributed by atoms with E-state index in [4.69, 9.17) is 16.4 Å². The third-order valence-electron chi connectivity index (χ3n) is 3.40. The normalized spacial score (nSPS) is 13.2. The quantitative estimate of drug-likeness (QED) is 0.497. The van der Waals surface area contributed by atoms with E-state index >= 15 is 0 Å². The molecule has 0 unspecified atom stereocenters. The second-order valence-electron chi connectivity index (χ2n) is 5.18. The predicted octanol–water partition coefficient (Wildman–Crippen LogP) is 4.92. The third kappa shape index (κ3) is 5.78. The van der Waals surface area contributed by atoms with Crippen LogP contribution < -0.4 is 4.72 Å². The Balaban J connectivity index is 3.29. The zero-order valence-electron chi connectivity index (χ0n) is 14.0. The van der Waals surface area contributed by atoms with Crippen LogP contribution in [-0.2, 0) is 14.9 Å². The zero-order valence-corrected chi connectivity index (χ0v) is 15.6. The molecule has 0 saturated carbocycles. The van der Waals surface area contributed by atoms with Gasteiger partial charge in [-0.1, -0.05) is 37.5 Å². The molecule has 0 spiro atoms. The number of sulfonamides is 1. The van der Waals surface area contributed by atoms with Crippen LogP contribution in [0.2, 0.25) is 5.02 Å². The van der Waals surface area contributed by atoms with Gasteiger partial charge in [0.05, 0.1) is 11.4 Å². The van der Waals surface area contributed by atoms with Gasteiger partial charge >= 0.3 is 15.5 Å². The van der Waals surface area contributed by atoms with Gasteiger partial charge in [-0.3, -0.25) is 4.72 Å². The molecule has 5 nitrogen and oxygen atoms in total. The molecule has 10 heteroatoms. The van der Waals surface area contributed by atoms with Crippen molar-refractivity contribution in [1.82, 2.24) is 0 Å². The molecular weight excluding hydrogens is 381 g/mol. The highest BCUT2D eigenvalue weighted by Crippen LogP contribution is 2.29. The Labute approximate surface area is 150 Å². The molecule has 0 saturated heterocycles. The van der Waals surface area contributed by atoms with E-state index in [0.29, 0.717) is 19.3 Å². The molecule has 142 valence electrons. The number of anilines is 1. The average molecular weight is 401 g/mol. The first kappa shape index (κ1) is 21.6. The van der Waals surface area contributed by atoms with Crippen molar-refractivity contribution in [3.8, 4) is 0 Å². The van der Waals surface area contributed by atoms with Crippen LogP contribution in [0, 0.1) is 0 Å². The SMILES string of the molecule is CCC(=NOC(CC)CC)c1cc(Cl)ccc1NS(=O)(=O)C(F)(F)F. The molecule has 0 aliphatic rings. The standard InChI is InChI=1S/C15H20ClF3N2O3S/c1-4-11(5-2)24-20-13(6-3)12-9-10(16)7-8-14(12)21-25(22,23)15(17,18)19/h7-9,11,21H,4-6H2,1-3H3. The fourth-order valence-corrected chi connectivity index (χ4v) is 2.68. The number of nitrogens with one attached hydrogen (secondary N) is 1. The average Bonchev–Trinajstić information content (AvgIpc) is 2.52. The number of benzene rings is 1. The molecular formula is C15H20ClF3N2O3S. The molecule has 0 radical (unpaired) electrons. The van der Waals surface area contributed by atoms with Gasteiger partial charge < -0.3 is 4.84 Å². The van der Waals surface area contributed by atoms with E-state index in [9.17, 15) is 21.6 Å². The largest absolute Gasteiger partial charge is 0.516 e.